The third-order valence-electron chi connectivity index (χ3n) is 3.04. The van der Waals surface area contributed by atoms with E-state index >= 15 is 0 Å². The molecular weight excluding hydrogens is 218 g/mol. The summed E-state index contributed by atoms with van der Waals surface area (Å²) in [5, 5.41) is 3.59. The average molecular weight is 243 g/mol. The van der Waals surface area contributed by atoms with Crippen LogP contribution in [0.1, 0.15) is 32.3 Å². The molecule has 0 heterocycles. The van der Waals surface area contributed by atoms with Crippen LogP contribution < -0.4 is 5.32 Å². The van der Waals surface area contributed by atoms with Crippen molar-refractivity contribution in [2.45, 2.75) is 39.2 Å². The summed E-state index contributed by atoms with van der Waals surface area (Å²) in [4.78, 5) is 0. The van der Waals surface area contributed by atoms with E-state index in [0.29, 0.717) is 6.04 Å². The van der Waals surface area contributed by atoms with E-state index < -0.39 is 0 Å². The molecular formula is C17H25N. The topological polar surface area (TPSA) is 12.0 Å². The minimum absolute atomic E-state index is 0.567. The lowest BCUT2D eigenvalue weighted by Gasteiger charge is -2.16. The summed E-state index contributed by atoms with van der Waals surface area (Å²) >= 11 is 0. The van der Waals surface area contributed by atoms with Crippen molar-refractivity contribution in [2.75, 3.05) is 6.54 Å². The summed E-state index contributed by atoms with van der Waals surface area (Å²) in [6, 6.07) is 11.3. The second-order valence-corrected chi connectivity index (χ2v) is 4.50. The molecule has 98 valence electrons. The van der Waals surface area contributed by atoms with Crippen LogP contribution in [0, 0.1) is 0 Å². The first-order chi connectivity index (χ1) is 8.86. The van der Waals surface area contributed by atoms with Crippen molar-refractivity contribution in [3.8, 4) is 0 Å². The number of hydrogen-bond donors (Lipinski definition) is 1. The lowest BCUT2D eigenvalue weighted by Crippen LogP contribution is -2.29. The van der Waals surface area contributed by atoms with Crippen LogP contribution in [0.25, 0.3) is 0 Å². The maximum Gasteiger partial charge on any atom is 0.0137 e. The van der Waals surface area contributed by atoms with Gasteiger partial charge in [0.25, 0.3) is 0 Å². The molecule has 1 aromatic rings. The third-order valence-corrected chi connectivity index (χ3v) is 3.04. The fourth-order valence-corrected chi connectivity index (χ4v) is 1.94. The van der Waals surface area contributed by atoms with Gasteiger partial charge in [0.05, 0.1) is 0 Å². The van der Waals surface area contributed by atoms with E-state index in [9.17, 15) is 0 Å². The second-order valence-electron chi connectivity index (χ2n) is 4.50. The zero-order valence-electron chi connectivity index (χ0n) is 11.6. The molecule has 1 atom stereocenters. The Kier molecular flexibility index (Phi) is 7.90. The molecule has 0 saturated heterocycles. The molecule has 0 aliphatic rings. The van der Waals surface area contributed by atoms with Crippen LogP contribution in [0.5, 0.6) is 0 Å². The van der Waals surface area contributed by atoms with Crippen LogP contribution >= 0.6 is 0 Å². The molecule has 0 aliphatic heterocycles. The molecule has 18 heavy (non-hydrogen) atoms. The van der Waals surface area contributed by atoms with Gasteiger partial charge in [-0.05, 0) is 38.7 Å². The predicted octanol–water partition coefficient (Wildman–Crippen LogP) is 4.12. The Morgan fingerprint density at radius 1 is 1.06 bits per heavy atom. The van der Waals surface area contributed by atoms with Crippen LogP contribution in [0.2, 0.25) is 0 Å². The minimum atomic E-state index is 0.567. The molecule has 0 spiro atoms. The Morgan fingerprint density at radius 2 is 1.78 bits per heavy atom. The summed E-state index contributed by atoms with van der Waals surface area (Å²) in [6.45, 7) is 5.11. The number of allylic oxidation sites excluding steroid dienone is 2. The molecule has 1 aromatic carbocycles. The highest BCUT2D eigenvalue weighted by Gasteiger charge is 2.05. The SMILES string of the molecule is C/C=C/CNC(C/C=C/C)CCc1ccccc1. The first-order valence-corrected chi connectivity index (χ1v) is 6.86. The number of rotatable bonds is 8. The van der Waals surface area contributed by atoms with Gasteiger partial charge in [-0.3, -0.25) is 0 Å². The van der Waals surface area contributed by atoms with Gasteiger partial charge in [0.2, 0.25) is 0 Å². The number of nitrogens with one attached hydrogen (secondary N) is 1. The first kappa shape index (κ1) is 14.7. The molecule has 1 unspecified atom stereocenters. The van der Waals surface area contributed by atoms with Crippen LogP contribution in [-0.2, 0) is 6.42 Å². The van der Waals surface area contributed by atoms with E-state index in [1.807, 2.05) is 0 Å². The quantitative estimate of drug-likeness (QED) is 0.677. The highest BCUT2D eigenvalue weighted by Crippen LogP contribution is 2.08. The van der Waals surface area contributed by atoms with Crippen LogP contribution in [0.3, 0.4) is 0 Å². The Morgan fingerprint density at radius 3 is 2.44 bits per heavy atom. The van der Waals surface area contributed by atoms with Crippen molar-refractivity contribution in [1.82, 2.24) is 5.32 Å². The first-order valence-electron chi connectivity index (χ1n) is 6.86. The third kappa shape index (κ3) is 6.41. The summed E-state index contributed by atoms with van der Waals surface area (Å²) < 4.78 is 0. The maximum absolute atomic E-state index is 3.59. The van der Waals surface area contributed by atoms with E-state index in [-0.39, 0.29) is 0 Å². The van der Waals surface area contributed by atoms with Gasteiger partial charge in [-0.2, -0.15) is 0 Å². The molecule has 1 rings (SSSR count). The smallest absolute Gasteiger partial charge is 0.0137 e. The summed E-state index contributed by atoms with van der Waals surface area (Å²) in [5.41, 5.74) is 1.43. The predicted molar refractivity (Wildman–Crippen MR) is 80.8 cm³/mol. The van der Waals surface area contributed by atoms with Crippen molar-refractivity contribution < 1.29 is 0 Å². The monoisotopic (exact) mass is 243 g/mol. The van der Waals surface area contributed by atoms with Crippen molar-refractivity contribution in [1.29, 1.82) is 0 Å². The second kappa shape index (κ2) is 9.67. The van der Waals surface area contributed by atoms with Gasteiger partial charge in [0, 0.05) is 12.6 Å². The Balaban J connectivity index is 2.39. The number of benzene rings is 1. The van der Waals surface area contributed by atoms with Crippen molar-refractivity contribution in [3.63, 3.8) is 0 Å². The van der Waals surface area contributed by atoms with Gasteiger partial charge in [-0.25, -0.2) is 0 Å². The highest BCUT2D eigenvalue weighted by atomic mass is 14.9. The molecule has 1 N–H and O–H groups in total. The zero-order chi connectivity index (χ0) is 13.1. The molecule has 1 heteroatoms. The normalized spacial score (nSPS) is 13.4. The largest absolute Gasteiger partial charge is 0.310 e. The van der Waals surface area contributed by atoms with E-state index in [2.05, 4.69) is 73.8 Å². The minimum Gasteiger partial charge on any atom is -0.310 e. The number of aryl methyl sites for hydroxylation is 1. The molecule has 0 aromatic heterocycles. The Bertz CT molecular complexity index is 351. The van der Waals surface area contributed by atoms with E-state index in [0.717, 1.165) is 19.4 Å². The molecule has 1 nitrogen and oxygen atoms in total. The molecule has 0 bridgehead atoms. The summed E-state index contributed by atoms with van der Waals surface area (Å²) in [5.74, 6) is 0. The van der Waals surface area contributed by atoms with Crippen molar-refractivity contribution in [3.05, 3.63) is 60.2 Å². The van der Waals surface area contributed by atoms with E-state index in [1.54, 1.807) is 0 Å². The van der Waals surface area contributed by atoms with Gasteiger partial charge in [0.1, 0.15) is 0 Å². The maximum atomic E-state index is 3.59. The summed E-state index contributed by atoms with van der Waals surface area (Å²) in [7, 11) is 0. The molecule has 0 amide bonds. The van der Waals surface area contributed by atoms with Gasteiger partial charge < -0.3 is 5.32 Å². The Hall–Kier alpha value is -1.34. The number of hydrogen-bond acceptors (Lipinski definition) is 1. The van der Waals surface area contributed by atoms with E-state index in [1.165, 1.54) is 12.0 Å². The molecule has 0 aliphatic carbocycles. The Labute approximate surface area is 112 Å². The highest BCUT2D eigenvalue weighted by molar-refractivity contribution is 5.14. The summed E-state index contributed by atoms with van der Waals surface area (Å²) in [6.07, 6.45) is 12.1. The lowest BCUT2D eigenvalue weighted by atomic mass is 10.0. The van der Waals surface area contributed by atoms with Gasteiger partial charge in [-0.15, -0.1) is 0 Å². The van der Waals surface area contributed by atoms with Crippen LogP contribution in [0.4, 0.5) is 0 Å². The van der Waals surface area contributed by atoms with Crippen LogP contribution in [-0.4, -0.2) is 12.6 Å². The van der Waals surface area contributed by atoms with E-state index in [4.69, 9.17) is 0 Å². The zero-order valence-corrected chi connectivity index (χ0v) is 11.6. The fraction of sp³-hybridized carbons (Fsp3) is 0.412. The standard InChI is InChI=1S/C17H25N/c1-3-5-12-17(18-15-6-4-2)14-13-16-10-8-7-9-11-16/h3-11,17-18H,12-15H2,1-2H3/b5-3+,6-4+. The van der Waals surface area contributed by atoms with Gasteiger partial charge in [-0.1, -0.05) is 54.6 Å². The average Bonchev–Trinajstić information content (AvgIpc) is 2.42. The van der Waals surface area contributed by atoms with Gasteiger partial charge >= 0.3 is 0 Å². The van der Waals surface area contributed by atoms with Crippen molar-refractivity contribution >= 4 is 0 Å². The molecule has 0 radical (unpaired) electrons. The molecule has 0 saturated carbocycles. The van der Waals surface area contributed by atoms with Crippen molar-refractivity contribution in [2.24, 2.45) is 0 Å². The molecule has 0 fully saturated rings. The van der Waals surface area contributed by atoms with Crippen LogP contribution in [0.15, 0.2) is 54.6 Å². The fourth-order valence-electron chi connectivity index (χ4n) is 1.94. The lowest BCUT2D eigenvalue weighted by molar-refractivity contribution is 0.508. The van der Waals surface area contributed by atoms with Gasteiger partial charge in [0.15, 0.2) is 0 Å².